The second-order valence-electron chi connectivity index (χ2n) is 2.09. The maximum Gasteiger partial charge on any atom is 0.303 e. The zero-order valence-corrected chi connectivity index (χ0v) is 5.90. The van der Waals surface area contributed by atoms with Crippen molar-refractivity contribution in [2.24, 2.45) is 0 Å². The van der Waals surface area contributed by atoms with Crippen LogP contribution in [-0.2, 0) is 11.2 Å². The number of carbonyl (C=O) groups is 1. The van der Waals surface area contributed by atoms with Crippen molar-refractivity contribution in [2.75, 3.05) is 0 Å². The molecular weight excluding hydrogens is 144 g/mol. The number of hydrogen-bond acceptors (Lipinski definition) is 3. The molecule has 0 aliphatic heterocycles. The number of carboxylic acids is 1. The first-order chi connectivity index (χ1) is 5.29. The van der Waals surface area contributed by atoms with Crippen LogP contribution in [0.25, 0.3) is 0 Å². The first-order valence-corrected chi connectivity index (χ1v) is 3.26. The van der Waals surface area contributed by atoms with Gasteiger partial charge in [0, 0.05) is 18.3 Å². The Balaban J connectivity index is 2.45. The van der Waals surface area contributed by atoms with Gasteiger partial charge in [0.2, 0.25) is 0 Å². The summed E-state index contributed by atoms with van der Waals surface area (Å²) in [5.41, 5.74) is 0.766. The van der Waals surface area contributed by atoms with E-state index in [9.17, 15) is 4.79 Å². The fourth-order valence-corrected chi connectivity index (χ4v) is 0.701. The number of aliphatic carboxylic acids is 1. The smallest absolute Gasteiger partial charge is 0.303 e. The molecule has 0 saturated heterocycles. The van der Waals surface area contributed by atoms with E-state index in [1.165, 1.54) is 6.33 Å². The molecule has 0 aliphatic carbocycles. The van der Waals surface area contributed by atoms with E-state index in [-0.39, 0.29) is 6.42 Å². The van der Waals surface area contributed by atoms with Crippen LogP contribution in [0.3, 0.4) is 0 Å². The second kappa shape index (κ2) is 3.65. The lowest BCUT2D eigenvalue weighted by Gasteiger charge is -1.93. The first-order valence-electron chi connectivity index (χ1n) is 3.26. The number of carboxylic acid groups (broad SMARTS) is 1. The van der Waals surface area contributed by atoms with Crippen LogP contribution in [0.4, 0.5) is 0 Å². The van der Waals surface area contributed by atoms with Crippen LogP contribution in [0.5, 0.6) is 0 Å². The Bertz CT molecular complexity index is 235. The molecule has 0 aromatic carbocycles. The third-order valence-electron chi connectivity index (χ3n) is 1.24. The Morgan fingerprint density at radius 1 is 1.64 bits per heavy atom. The van der Waals surface area contributed by atoms with Crippen LogP contribution in [0, 0.1) is 0 Å². The highest BCUT2D eigenvalue weighted by atomic mass is 16.4. The van der Waals surface area contributed by atoms with Crippen LogP contribution in [0.15, 0.2) is 18.6 Å². The summed E-state index contributed by atoms with van der Waals surface area (Å²) in [4.78, 5) is 17.7. The zero-order chi connectivity index (χ0) is 8.10. The second-order valence-corrected chi connectivity index (χ2v) is 2.09. The van der Waals surface area contributed by atoms with Gasteiger partial charge in [0.05, 0.1) is 6.42 Å². The van der Waals surface area contributed by atoms with Crippen molar-refractivity contribution in [3.05, 3.63) is 24.3 Å². The van der Waals surface area contributed by atoms with Crippen molar-refractivity contribution in [3.63, 3.8) is 0 Å². The van der Waals surface area contributed by atoms with Gasteiger partial charge in [-0.15, -0.1) is 0 Å². The molecule has 4 heteroatoms. The lowest BCUT2D eigenvalue weighted by molar-refractivity contribution is -0.136. The highest BCUT2D eigenvalue weighted by molar-refractivity contribution is 5.66. The fraction of sp³-hybridized carbons (Fsp3) is 0.286. The molecule has 11 heavy (non-hydrogen) atoms. The first kappa shape index (κ1) is 7.65. The number of aryl methyl sites for hydroxylation is 1. The van der Waals surface area contributed by atoms with Gasteiger partial charge in [0.1, 0.15) is 6.33 Å². The summed E-state index contributed by atoms with van der Waals surface area (Å²) in [6, 6.07) is 1.71. The molecule has 0 saturated carbocycles. The summed E-state index contributed by atoms with van der Waals surface area (Å²) < 4.78 is 0. The van der Waals surface area contributed by atoms with E-state index in [2.05, 4.69) is 9.97 Å². The van der Waals surface area contributed by atoms with E-state index in [1.807, 2.05) is 0 Å². The summed E-state index contributed by atoms with van der Waals surface area (Å²) in [5.74, 6) is -0.802. The third-order valence-corrected chi connectivity index (χ3v) is 1.24. The molecule has 1 aromatic heterocycles. The largest absolute Gasteiger partial charge is 0.481 e. The third kappa shape index (κ3) is 2.75. The molecule has 1 aromatic rings. The molecule has 58 valence electrons. The maximum atomic E-state index is 10.1. The molecule has 0 unspecified atom stereocenters. The molecule has 0 bridgehead atoms. The molecule has 0 aliphatic rings. The quantitative estimate of drug-likeness (QED) is 0.684. The lowest BCUT2D eigenvalue weighted by Crippen LogP contribution is -1.98. The van der Waals surface area contributed by atoms with Crippen molar-refractivity contribution in [1.29, 1.82) is 0 Å². The highest BCUT2D eigenvalue weighted by Crippen LogP contribution is 1.95. The van der Waals surface area contributed by atoms with Crippen LogP contribution in [0.2, 0.25) is 0 Å². The van der Waals surface area contributed by atoms with Gasteiger partial charge in [-0.05, 0) is 6.07 Å². The minimum atomic E-state index is -0.802. The van der Waals surface area contributed by atoms with Gasteiger partial charge in [-0.2, -0.15) is 0 Å². The monoisotopic (exact) mass is 152 g/mol. The van der Waals surface area contributed by atoms with E-state index in [0.717, 1.165) is 5.69 Å². The SMILES string of the molecule is O=C(O)CCc1ccncn1. The van der Waals surface area contributed by atoms with E-state index >= 15 is 0 Å². The summed E-state index contributed by atoms with van der Waals surface area (Å²) in [6.07, 6.45) is 3.61. The van der Waals surface area contributed by atoms with Gasteiger partial charge >= 0.3 is 5.97 Å². The van der Waals surface area contributed by atoms with Crippen molar-refractivity contribution in [3.8, 4) is 0 Å². The molecular formula is C7H8N2O2. The van der Waals surface area contributed by atoms with Gasteiger partial charge < -0.3 is 5.11 Å². The van der Waals surface area contributed by atoms with E-state index < -0.39 is 5.97 Å². The van der Waals surface area contributed by atoms with Crippen LogP contribution in [0.1, 0.15) is 12.1 Å². The topological polar surface area (TPSA) is 63.1 Å². The van der Waals surface area contributed by atoms with Gasteiger partial charge in [-0.3, -0.25) is 4.79 Å². The van der Waals surface area contributed by atoms with Crippen molar-refractivity contribution in [1.82, 2.24) is 9.97 Å². The zero-order valence-electron chi connectivity index (χ0n) is 5.90. The number of nitrogens with zero attached hydrogens (tertiary/aromatic N) is 2. The maximum absolute atomic E-state index is 10.1. The lowest BCUT2D eigenvalue weighted by atomic mass is 10.2. The van der Waals surface area contributed by atoms with E-state index in [0.29, 0.717) is 6.42 Å². The number of rotatable bonds is 3. The molecule has 1 N–H and O–H groups in total. The van der Waals surface area contributed by atoms with Crippen LogP contribution < -0.4 is 0 Å². The predicted molar refractivity (Wildman–Crippen MR) is 38.0 cm³/mol. The molecule has 4 nitrogen and oxygen atoms in total. The summed E-state index contributed by atoms with van der Waals surface area (Å²) in [6.45, 7) is 0. The van der Waals surface area contributed by atoms with Gasteiger partial charge in [-0.25, -0.2) is 9.97 Å². The molecule has 1 rings (SSSR count). The fourth-order valence-electron chi connectivity index (χ4n) is 0.701. The predicted octanol–water partition coefficient (Wildman–Crippen LogP) is 0.494. The Morgan fingerprint density at radius 2 is 2.45 bits per heavy atom. The summed E-state index contributed by atoms with van der Waals surface area (Å²) in [7, 11) is 0. The number of hydrogen-bond donors (Lipinski definition) is 1. The molecule has 0 atom stereocenters. The van der Waals surface area contributed by atoms with E-state index in [1.54, 1.807) is 12.3 Å². The normalized spacial score (nSPS) is 9.45. The Kier molecular flexibility index (Phi) is 2.54. The van der Waals surface area contributed by atoms with Gasteiger partial charge in [-0.1, -0.05) is 0 Å². The Morgan fingerprint density at radius 3 is 3.00 bits per heavy atom. The van der Waals surface area contributed by atoms with Gasteiger partial charge in [0.25, 0.3) is 0 Å². The Labute approximate surface area is 63.9 Å². The molecule has 0 radical (unpaired) electrons. The average molecular weight is 152 g/mol. The van der Waals surface area contributed by atoms with Crippen molar-refractivity contribution in [2.45, 2.75) is 12.8 Å². The van der Waals surface area contributed by atoms with Crippen molar-refractivity contribution >= 4 is 5.97 Å². The van der Waals surface area contributed by atoms with Crippen LogP contribution in [-0.4, -0.2) is 21.0 Å². The molecule has 0 fully saturated rings. The van der Waals surface area contributed by atoms with E-state index in [4.69, 9.17) is 5.11 Å². The Hall–Kier alpha value is -1.45. The molecule has 0 spiro atoms. The molecule has 0 amide bonds. The average Bonchev–Trinajstić information content (AvgIpc) is 2.03. The summed E-state index contributed by atoms with van der Waals surface area (Å²) in [5, 5.41) is 8.33. The minimum absolute atomic E-state index is 0.122. The molecule has 1 heterocycles. The standard InChI is InChI=1S/C7H8N2O2/c10-7(11)2-1-6-3-4-8-5-9-6/h3-5H,1-2H2,(H,10,11). The highest BCUT2D eigenvalue weighted by Gasteiger charge is 1.98. The minimum Gasteiger partial charge on any atom is -0.481 e. The number of aromatic nitrogens is 2. The van der Waals surface area contributed by atoms with Crippen LogP contribution >= 0.6 is 0 Å². The summed E-state index contributed by atoms with van der Waals surface area (Å²) >= 11 is 0. The van der Waals surface area contributed by atoms with Gasteiger partial charge in [0.15, 0.2) is 0 Å². The van der Waals surface area contributed by atoms with Crippen molar-refractivity contribution < 1.29 is 9.90 Å².